The van der Waals surface area contributed by atoms with Crippen LogP contribution < -0.4 is 10.3 Å². The number of ether oxygens (including phenoxy) is 1. The summed E-state index contributed by atoms with van der Waals surface area (Å²) in [4.78, 5) is 16.9. The van der Waals surface area contributed by atoms with Gasteiger partial charge in [-0.15, -0.1) is 11.3 Å². The lowest BCUT2D eigenvalue weighted by Gasteiger charge is -2.08. The Morgan fingerprint density at radius 1 is 1.19 bits per heavy atom. The highest BCUT2D eigenvalue weighted by atomic mass is 32.1. The quantitative estimate of drug-likeness (QED) is 0.555. The first-order valence-corrected chi connectivity index (χ1v) is 9.09. The van der Waals surface area contributed by atoms with Crippen LogP contribution in [-0.4, -0.2) is 19.3 Å². The zero-order valence-corrected chi connectivity index (χ0v) is 15.6. The summed E-state index contributed by atoms with van der Waals surface area (Å²) in [6, 6.07) is 9.11. The molecular weight excluding hydrogens is 348 g/mol. The van der Waals surface area contributed by atoms with Gasteiger partial charge in [-0.3, -0.25) is 14.0 Å². The van der Waals surface area contributed by atoms with Gasteiger partial charge in [-0.25, -0.2) is 4.98 Å². The highest BCUT2D eigenvalue weighted by Gasteiger charge is 2.08. The molecular formula is C19H18N4O2S. The predicted octanol–water partition coefficient (Wildman–Crippen LogP) is 3.38. The summed E-state index contributed by atoms with van der Waals surface area (Å²) < 4.78 is 9.14. The smallest absolute Gasteiger partial charge is 0.258 e. The van der Waals surface area contributed by atoms with Crippen molar-refractivity contribution in [3.05, 3.63) is 68.7 Å². The van der Waals surface area contributed by atoms with Gasteiger partial charge in [-0.05, 0) is 38.1 Å². The predicted molar refractivity (Wildman–Crippen MR) is 102 cm³/mol. The Morgan fingerprint density at radius 2 is 2.04 bits per heavy atom. The minimum absolute atomic E-state index is 0.140. The van der Waals surface area contributed by atoms with Crippen LogP contribution in [0.4, 0.5) is 0 Å². The number of hydrogen-bond acceptors (Lipinski definition) is 5. The third-order valence-electron chi connectivity index (χ3n) is 4.31. The largest absolute Gasteiger partial charge is 0.486 e. The summed E-state index contributed by atoms with van der Waals surface area (Å²) in [6.45, 7) is 4.32. The molecule has 1 aromatic carbocycles. The number of fused-ring (bicyclic) bond motifs is 1. The molecule has 4 aromatic rings. The summed E-state index contributed by atoms with van der Waals surface area (Å²) in [5.74, 6) is 0.540. The summed E-state index contributed by atoms with van der Waals surface area (Å²) in [5, 5.41) is 8.35. The first-order valence-electron chi connectivity index (χ1n) is 8.21. The molecule has 0 aliphatic heterocycles. The van der Waals surface area contributed by atoms with Crippen molar-refractivity contribution in [2.24, 2.45) is 7.05 Å². The fraction of sp³-hybridized carbons (Fsp3) is 0.211. The number of pyridine rings is 1. The van der Waals surface area contributed by atoms with E-state index in [-0.39, 0.29) is 5.56 Å². The maximum atomic E-state index is 12.5. The highest BCUT2D eigenvalue weighted by Crippen LogP contribution is 2.21. The topological polar surface area (TPSA) is 61.9 Å². The number of benzene rings is 1. The van der Waals surface area contributed by atoms with Gasteiger partial charge in [0, 0.05) is 47.2 Å². The molecule has 0 saturated carbocycles. The Hall–Kier alpha value is -2.93. The second-order valence-corrected chi connectivity index (χ2v) is 7.10. The second kappa shape index (κ2) is 6.42. The lowest BCUT2D eigenvalue weighted by Crippen LogP contribution is -2.16. The molecule has 0 atom stereocenters. The van der Waals surface area contributed by atoms with Crippen LogP contribution in [0.5, 0.6) is 5.75 Å². The Morgan fingerprint density at radius 3 is 2.77 bits per heavy atom. The van der Waals surface area contributed by atoms with Crippen LogP contribution in [0, 0.1) is 13.8 Å². The Labute approximate surface area is 154 Å². The molecule has 26 heavy (non-hydrogen) atoms. The number of rotatable bonds is 4. The van der Waals surface area contributed by atoms with Crippen molar-refractivity contribution in [1.29, 1.82) is 0 Å². The van der Waals surface area contributed by atoms with Crippen LogP contribution >= 0.6 is 11.3 Å². The molecule has 0 N–H and O–H groups in total. The molecule has 0 unspecified atom stereocenters. The number of thiazole rings is 1. The molecule has 7 heteroatoms. The zero-order valence-electron chi connectivity index (χ0n) is 14.8. The molecule has 0 radical (unpaired) electrons. The van der Waals surface area contributed by atoms with E-state index in [1.165, 1.54) is 6.07 Å². The molecule has 0 spiro atoms. The van der Waals surface area contributed by atoms with Crippen LogP contribution in [0.3, 0.4) is 0 Å². The lowest BCUT2D eigenvalue weighted by molar-refractivity contribution is 0.304. The van der Waals surface area contributed by atoms with E-state index in [2.05, 4.69) is 10.1 Å². The van der Waals surface area contributed by atoms with E-state index in [9.17, 15) is 4.79 Å². The normalized spacial score (nSPS) is 11.2. The summed E-state index contributed by atoms with van der Waals surface area (Å²) in [7, 11) is 1.91. The first-order chi connectivity index (χ1) is 12.5. The maximum absolute atomic E-state index is 12.5. The van der Waals surface area contributed by atoms with Crippen LogP contribution in [-0.2, 0) is 13.7 Å². The number of hydrogen-bond donors (Lipinski definition) is 0. The first kappa shape index (κ1) is 16.5. The summed E-state index contributed by atoms with van der Waals surface area (Å²) in [6.07, 6.45) is 1.73. The summed E-state index contributed by atoms with van der Waals surface area (Å²) in [5.41, 5.74) is 3.62. The van der Waals surface area contributed by atoms with Gasteiger partial charge in [0.05, 0.1) is 5.52 Å². The third-order valence-corrected chi connectivity index (χ3v) is 5.25. The van der Waals surface area contributed by atoms with Crippen molar-refractivity contribution in [1.82, 2.24) is 19.3 Å². The zero-order chi connectivity index (χ0) is 18.3. The van der Waals surface area contributed by atoms with Crippen molar-refractivity contribution in [3.8, 4) is 11.4 Å². The molecule has 3 heterocycles. The van der Waals surface area contributed by atoms with Gasteiger partial charge in [0.1, 0.15) is 17.4 Å². The number of nitrogens with zero attached hydrogens (tertiary/aromatic N) is 4. The SMILES string of the molecule is Cc1csc(COc2ccn(-c3ccc4nn(C)c(C)c4c3)c(=O)c2)n1. The average Bonchev–Trinajstić information content (AvgIpc) is 3.16. The van der Waals surface area contributed by atoms with Crippen LogP contribution in [0.1, 0.15) is 16.4 Å². The number of aryl methyl sites for hydroxylation is 3. The fourth-order valence-electron chi connectivity index (χ4n) is 2.84. The lowest BCUT2D eigenvalue weighted by atomic mass is 10.2. The molecule has 3 aromatic heterocycles. The monoisotopic (exact) mass is 366 g/mol. The number of aromatic nitrogens is 4. The highest BCUT2D eigenvalue weighted by molar-refractivity contribution is 7.09. The Kier molecular flexibility index (Phi) is 4.08. The van der Waals surface area contributed by atoms with Crippen LogP contribution in [0.25, 0.3) is 16.6 Å². The average molecular weight is 366 g/mol. The second-order valence-electron chi connectivity index (χ2n) is 6.15. The van der Waals surface area contributed by atoms with Crippen molar-refractivity contribution in [2.45, 2.75) is 20.5 Å². The minimum Gasteiger partial charge on any atom is -0.486 e. The van der Waals surface area contributed by atoms with E-state index in [4.69, 9.17) is 4.74 Å². The van der Waals surface area contributed by atoms with E-state index in [1.807, 2.05) is 49.2 Å². The molecule has 0 aliphatic rings. The molecule has 4 rings (SSSR count). The van der Waals surface area contributed by atoms with Crippen molar-refractivity contribution in [2.75, 3.05) is 0 Å². The van der Waals surface area contributed by atoms with E-state index < -0.39 is 0 Å². The fourth-order valence-corrected chi connectivity index (χ4v) is 3.52. The van der Waals surface area contributed by atoms with E-state index in [1.54, 1.807) is 28.2 Å². The van der Waals surface area contributed by atoms with Gasteiger partial charge in [0.2, 0.25) is 0 Å². The van der Waals surface area contributed by atoms with Gasteiger partial charge in [0.25, 0.3) is 5.56 Å². The molecule has 0 aliphatic carbocycles. The maximum Gasteiger partial charge on any atom is 0.258 e. The molecule has 0 bridgehead atoms. The van der Waals surface area contributed by atoms with Gasteiger partial charge >= 0.3 is 0 Å². The van der Waals surface area contributed by atoms with E-state index in [0.717, 1.165) is 33.0 Å². The third kappa shape index (κ3) is 3.01. The van der Waals surface area contributed by atoms with Crippen LogP contribution in [0.2, 0.25) is 0 Å². The van der Waals surface area contributed by atoms with Gasteiger partial charge < -0.3 is 4.74 Å². The molecule has 132 valence electrons. The molecule has 0 amide bonds. The van der Waals surface area contributed by atoms with Crippen LogP contribution in [0.15, 0.2) is 46.7 Å². The molecule has 0 saturated heterocycles. The van der Waals surface area contributed by atoms with E-state index >= 15 is 0 Å². The van der Waals surface area contributed by atoms with Crippen molar-refractivity contribution < 1.29 is 4.74 Å². The Balaban J connectivity index is 1.61. The molecule has 6 nitrogen and oxygen atoms in total. The summed E-state index contributed by atoms with van der Waals surface area (Å²) >= 11 is 1.55. The van der Waals surface area contributed by atoms with E-state index in [0.29, 0.717) is 12.4 Å². The van der Waals surface area contributed by atoms with Crippen molar-refractivity contribution >= 4 is 22.2 Å². The van der Waals surface area contributed by atoms with Gasteiger partial charge in [-0.1, -0.05) is 0 Å². The molecule has 0 fully saturated rings. The standard InChI is InChI=1S/C19H18N4O2S/c1-12-11-26-18(20-12)10-25-15-6-7-23(19(24)9-15)14-4-5-17-16(8-14)13(2)22(3)21-17/h4-9,11H,10H2,1-3H3. The van der Waals surface area contributed by atoms with Crippen molar-refractivity contribution in [3.63, 3.8) is 0 Å². The Bertz CT molecular complexity index is 1160. The minimum atomic E-state index is -0.140. The van der Waals surface area contributed by atoms with Gasteiger partial charge in [0.15, 0.2) is 0 Å². The van der Waals surface area contributed by atoms with Gasteiger partial charge in [-0.2, -0.15) is 5.10 Å².